The lowest BCUT2D eigenvalue weighted by molar-refractivity contribution is -0.121. The first-order valence-electron chi connectivity index (χ1n) is 7.03. The second-order valence-corrected chi connectivity index (χ2v) is 4.49. The van der Waals surface area contributed by atoms with Gasteiger partial charge in [-0.1, -0.05) is 51.1 Å². The summed E-state index contributed by atoms with van der Waals surface area (Å²) in [7, 11) is 0. The number of rotatable bonds is 3. The number of benzene rings is 1. The molecule has 0 amide bonds. The van der Waals surface area contributed by atoms with Gasteiger partial charge in [-0.15, -0.1) is 0 Å². The van der Waals surface area contributed by atoms with Crippen molar-refractivity contribution in [2.24, 2.45) is 0 Å². The number of likely N-dealkylation sites (tertiary alicyclic amines) is 1. The zero-order chi connectivity index (χ0) is 13.5. The molecule has 1 aliphatic heterocycles. The summed E-state index contributed by atoms with van der Waals surface area (Å²) < 4.78 is 0. The number of carbonyl (C=O) groups is 1. The molecule has 0 spiro atoms. The van der Waals surface area contributed by atoms with E-state index in [1.54, 1.807) is 6.92 Å². The van der Waals surface area contributed by atoms with E-state index in [0.717, 1.165) is 19.5 Å². The second kappa shape index (κ2) is 7.32. The fourth-order valence-corrected chi connectivity index (χ4v) is 2.80. The number of carbonyl (C=O) groups excluding carboxylic acids is 1. The molecular formula is C16H25NO. The van der Waals surface area contributed by atoms with Crippen molar-refractivity contribution in [2.75, 3.05) is 13.1 Å². The van der Waals surface area contributed by atoms with Crippen LogP contribution in [0.1, 0.15) is 45.6 Å². The van der Waals surface area contributed by atoms with E-state index in [2.05, 4.69) is 36.1 Å². The molecule has 1 aromatic rings. The van der Waals surface area contributed by atoms with E-state index >= 15 is 0 Å². The fourth-order valence-electron chi connectivity index (χ4n) is 2.80. The van der Waals surface area contributed by atoms with Crippen molar-refractivity contribution >= 4 is 5.78 Å². The average Bonchev–Trinajstić information content (AvgIpc) is 2.86. The van der Waals surface area contributed by atoms with Crippen molar-refractivity contribution in [3.05, 3.63) is 35.9 Å². The fraction of sp³-hybridized carbons (Fsp3) is 0.562. The van der Waals surface area contributed by atoms with Gasteiger partial charge in [-0.25, -0.2) is 0 Å². The van der Waals surface area contributed by atoms with Gasteiger partial charge in [-0.2, -0.15) is 0 Å². The largest absolute Gasteiger partial charge is 0.298 e. The third kappa shape index (κ3) is 3.20. The Bertz CT molecular complexity index is 361. The molecule has 1 aliphatic rings. The van der Waals surface area contributed by atoms with Crippen LogP contribution in [0.3, 0.4) is 0 Å². The van der Waals surface area contributed by atoms with E-state index in [9.17, 15) is 4.79 Å². The van der Waals surface area contributed by atoms with Gasteiger partial charge in [0.15, 0.2) is 0 Å². The van der Waals surface area contributed by atoms with Gasteiger partial charge in [0.25, 0.3) is 0 Å². The van der Waals surface area contributed by atoms with Gasteiger partial charge in [-0.3, -0.25) is 9.69 Å². The van der Waals surface area contributed by atoms with Gasteiger partial charge in [0.1, 0.15) is 5.78 Å². The van der Waals surface area contributed by atoms with Crippen LogP contribution in [0.15, 0.2) is 30.3 Å². The standard InChI is InChI=1S/C14H19NO.C2H6/c1-3-15-10-9-13(14(15)11(2)16)12-7-5-4-6-8-12;1-2/h4-8,13-14H,3,9-10H2,1-2H3;1-2H3. The molecule has 0 N–H and O–H groups in total. The molecule has 2 unspecified atom stereocenters. The molecular weight excluding hydrogens is 222 g/mol. The Morgan fingerprint density at radius 1 is 1.28 bits per heavy atom. The third-order valence-corrected chi connectivity index (χ3v) is 3.55. The highest BCUT2D eigenvalue weighted by Gasteiger charge is 2.36. The highest BCUT2D eigenvalue weighted by molar-refractivity contribution is 5.83. The molecule has 2 atom stereocenters. The Labute approximate surface area is 111 Å². The van der Waals surface area contributed by atoms with Crippen LogP contribution >= 0.6 is 0 Å². The number of Topliss-reactive ketones (excluding diaryl/α,β-unsaturated/α-hetero) is 1. The molecule has 0 aliphatic carbocycles. The van der Waals surface area contributed by atoms with Gasteiger partial charge in [0.2, 0.25) is 0 Å². The SMILES string of the molecule is CC.CCN1CCC(c2ccccc2)C1C(C)=O. The van der Waals surface area contributed by atoms with Crippen LogP contribution in [-0.2, 0) is 4.79 Å². The maximum absolute atomic E-state index is 11.8. The Morgan fingerprint density at radius 2 is 1.89 bits per heavy atom. The minimum atomic E-state index is 0.0902. The minimum Gasteiger partial charge on any atom is -0.298 e. The van der Waals surface area contributed by atoms with Crippen LogP contribution in [0.5, 0.6) is 0 Å². The topological polar surface area (TPSA) is 20.3 Å². The number of ketones is 1. The predicted octanol–water partition coefficient (Wildman–Crippen LogP) is 3.48. The molecule has 1 fully saturated rings. The Morgan fingerprint density at radius 3 is 2.39 bits per heavy atom. The highest BCUT2D eigenvalue weighted by Crippen LogP contribution is 2.33. The van der Waals surface area contributed by atoms with E-state index in [-0.39, 0.29) is 6.04 Å². The predicted molar refractivity (Wildman–Crippen MR) is 76.9 cm³/mol. The van der Waals surface area contributed by atoms with Crippen LogP contribution in [-0.4, -0.2) is 29.8 Å². The molecule has 2 heteroatoms. The Balaban J connectivity index is 0.000000771. The van der Waals surface area contributed by atoms with Crippen LogP contribution in [0.4, 0.5) is 0 Å². The lowest BCUT2D eigenvalue weighted by Gasteiger charge is -2.24. The number of likely N-dealkylation sites (N-methyl/N-ethyl adjacent to an activating group) is 1. The van der Waals surface area contributed by atoms with Crippen molar-refractivity contribution < 1.29 is 4.79 Å². The maximum atomic E-state index is 11.8. The molecule has 18 heavy (non-hydrogen) atoms. The zero-order valence-corrected chi connectivity index (χ0v) is 12.0. The summed E-state index contributed by atoms with van der Waals surface area (Å²) in [6, 6.07) is 10.5. The van der Waals surface area contributed by atoms with Crippen LogP contribution in [0.25, 0.3) is 0 Å². The number of hydrogen-bond acceptors (Lipinski definition) is 2. The lowest BCUT2D eigenvalue weighted by atomic mass is 9.90. The first-order chi connectivity index (χ1) is 8.74. The summed E-state index contributed by atoms with van der Waals surface area (Å²) in [5.74, 6) is 0.687. The van der Waals surface area contributed by atoms with Crippen LogP contribution in [0, 0.1) is 0 Å². The van der Waals surface area contributed by atoms with E-state index in [0.29, 0.717) is 11.7 Å². The van der Waals surface area contributed by atoms with Crippen molar-refractivity contribution in [1.82, 2.24) is 4.90 Å². The third-order valence-electron chi connectivity index (χ3n) is 3.55. The highest BCUT2D eigenvalue weighted by atomic mass is 16.1. The molecule has 0 radical (unpaired) electrons. The molecule has 1 aromatic carbocycles. The second-order valence-electron chi connectivity index (χ2n) is 4.49. The number of nitrogens with zero attached hydrogens (tertiary/aromatic N) is 1. The van der Waals surface area contributed by atoms with Gasteiger partial charge >= 0.3 is 0 Å². The molecule has 2 nitrogen and oxygen atoms in total. The quantitative estimate of drug-likeness (QED) is 0.815. The summed E-state index contributed by atoms with van der Waals surface area (Å²) in [6.45, 7) is 9.85. The zero-order valence-electron chi connectivity index (χ0n) is 12.0. The molecule has 0 saturated carbocycles. The monoisotopic (exact) mass is 247 g/mol. The van der Waals surface area contributed by atoms with Gasteiger partial charge < -0.3 is 0 Å². The lowest BCUT2D eigenvalue weighted by Crippen LogP contribution is -2.37. The summed E-state index contributed by atoms with van der Waals surface area (Å²) >= 11 is 0. The number of hydrogen-bond donors (Lipinski definition) is 0. The summed E-state index contributed by atoms with van der Waals surface area (Å²) in [5, 5.41) is 0. The van der Waals surface area contributed by atoms with E-state index in [1.807, 2.05) is 19.9 Å². The van der Waals surface area contributed by atoms with E-state index < -0.39 is 0 Å². The summed E-state index contributed by atoms with van der Waals surface area (Å²) in [5.41, 5.74) is 1.30. The first-order valence-corrected chi connectivity index (χ1v) is 7.03. The average molecular weight is 247 g/mol. The summed E-state index contributed by atoms with van der Waals surface area (Å²) in [4.78, 5) is 14.0. The molecule has 100 valence electrons. The van der Waals surface area contributed by atoms with Crippen molar-refractivity contribution in [3.8, 4) is 0 Å². The maximum Gasteiger partial charge on any atom is 0.147 e. The smallest absolute Gasteiger partial charge is 0.147 e. The van der Waals surface area contributed by atoms with Gasteiger partial charge in [0, 0.05) is 5.92 Å². The minimum absolute atomic E-state index is 0.0902. The first kappa shape index (κ1) is 14.9. The van der Waals surface area contributed by atoms with Gasteiger partial charge in [0.05, 0.1) is 6.04 Å². The molecule has 1 saturated heterocycles. The Kier molecular flexibility index (Phi) is 6.06. The Hall–Kier alpha value is -1.15. The molecule has 0 aromatic heterocycles. The van der Waals surface area contributed by atoms with Crippen molar-refractivity contribution in [2.45, 2.75) is 46.1 Å². The van der Waals surface area contributed by atoms with E-state index in [4.69, 9.17) is 0 Å². The molecule has 2 rings (SSSR count). The molecule has 1 heterocycles. The van der Waals surface area contributed by atoms with E-state index in [1.165, 1.54) is 5.56 Å². The van der Waals surface area contributed by atoms with Gasteiger partial charge in [-0.05, 0) is 32.0 Å². The summed E-state index contributed by atoms with van der Waals surface area (Å²) in [6.07, 6.45) is 1.10. The van der Waals surface area contributed by atoms with Crippen molar-refractivity contribution in [1.29, 1.82) is 0 Å². The van der Waals surface area contributed by atoms with Crippen molar-refractivity contribution in [3.63, 3.8) is 0 Å². The van der Waals surface area contributed by atoms with Crippen LogP contribution in [0.2, 0.25) is 0 Å². The molecule has 0 bridgehead atoms. The normalized spacial score (nSPS) is 23.3. The van der Waals surface area contributed by atoms with Crippen LogP contribution < -0.4 is 0 Å².